The molecule has 2 saturated heterocycles. The number of hydrogen-bond donors (Lipinski definition) is 1. The summed E-state index contributed by atoms with van der Waals surface area (Å²) in [5, 5.41) is 6.55. The van der Waals surface area contributed by atoms with Gasteiger partial charge >= 0.3 is 6.09 Å². The van der Waals surface area contributed by atoms with Gasteiger partial charge in [-0.2, -0.15) is 0 Å². The van der Waals surface area contributed by atoms with Gasteiger partial charge in [-0.05, 0) is 62.1 Å². The van der Waals surface area contributed by atoms with Gasteiger partial charge in [-0.15, -0.1) is 11.3 Å². The molecule has 8 heteroatoms. The largest absolute Gasteiger partial charge is 0.446 e. The van der Waals surface area contributed by atoms with Gasteiger partial charge in [-0.25, -0.2) is 9.78 Å². The molecule has 33 heavy (non-hydrogen) atoms. The number of piperazine rings is 1. The highest BCUT2D eigenvalue weighted by Crippen LogP contribution is 2.30. The summed E-state index contributed by atoms with van der Waals surface area (Å²) in [5.74, 6) is 1.92. The smallest absolute Gasteiger partial charge is 0.407 e. The standard InChI is InChI=1S/C25H36N4O3S/c30-25(32-21-7-16-31-17-8-21)27-20-3-1-19(2-4-20)6-11-28-12-14-29(15-13-28)24-22-9-18-33-23(22)5-10-26-24/h5,9-10,18-21H,1-4,6-8,11-17H2,(H,27,30). The normalized spacial score (nSPS) is 25.3. The second-order valence-corrected chi connectivity index (χ2v) is 10.6. The number of rotatable bonds is 6. The van der Waals surface area contributed by atoms with Crippen molar-refractivity contribution in [3.8, 4) is 0 Å². The van der Waals surface area contributed by atoms with Crippen molar-refractivity contribution >= 4 is 33.3 Å². The zero-order valence-electron chi connectivity index (χ0n) is 19.4. The third-order valence-electron chi connectivity index (χ3n) is 7.49. The molecule has 180 valence electrons. The van der Waals surface area contributed by atoms with Gasteiger partial charge in [0.2, 0.25) is 0 Å². The minimum absolute atomic E-state index is 0.0181. The van der Waals surface area contributed by atoms with Gasteiger partial charge in [0, 0.05) is 61.3 Å². The van der Waals surface area contributed by atoms with Crippen molar-refractivity contribution in [2.45, 2.75) is 57.1 Å². The number of ether oxygens (including phenoxy) is 2. The third kappa shape index (κ3) is 5.97. The monoisotopic (exact) mass is 472 g/mol. The number of amides is 1. The fourth-order valence-electron chi connectivity index (χ4n) is 5.42. The summed E-state index contributed by atoms with van der Waals surface area (Å²) >= 11 is 1.79. The van der Waals surface area contributed by atoms with E-state index < -0.39 is 0 Å². The summed E-state index contributed by atoms with van der Waals surface area (Å²) in [6.07, 6.45) is 9.14. The van der Waals surface area contributed by atoms with Crippen LogP contribution >= 0.6 is 11.3 Å². The lowest BCUT2D eigenvalue weighted by Crippen LogP contribution is -2.47. The molecule has 0 aromatic carbocycles. The van der Waals surface area contributed by atoms with Crippen LogP contribution in [0.1, 0.15) is 44.9 Å². The van der Waals surface area contributed by atoms with Crippen LogP contribution in [0, 0.1) is 5.92 Å². The van der Waals surface area contributed by atoms with Crippen LogP contribution < -0.4 is 10.2 Å². The molecule has 0 bridgehead atoms. The number of fused-ring (bicyclic) bond motifs is 1. The van der Waals surface area contributed by atoms with Crippen LogP contribution in [-0.2, 0) is 9.47 Å². The Morgan fingerprint density at radius 3 is 2.67 bits per heavy atom. The van der Waals surface area contributed by atoms with Crippen LogP contribution in [0.15, 0.2) is 23.7 Å². The van der Waals surface area contributed by atoms with E-state index in [1.807, 2.05) is 6.20 Å². The molecule has 2 aromatic rings. The molecule has 1 saturated carbocycles. The Balaban J connectivity index is 0.989. The lowest BCUT2D eigenvalue weighted by Gasteiger charge is -2.37. The number of carbonyl (C=O) groups excluding carboxylic acids is 1. The van der Waals surface area contributed by atoms with Crippen LogP contribution in [0.25, 0.3) is 10.1 Å². The highest BCUT2D eigenvalue weighted by Gasteiger charge is 2.26. The quantitative estimate of drug-likeness (QED) is 0.677. The number of thiophene rings is 1. The first-order valence-corrected chi connectivity index (χ1v) is 13.5. The second kappa shape index (κ2) is 11.0. The van der Waals surface area contributed by atoms with E-state index in [0.717, 1.165) is 63.6 Å². The predicted octanol–water partition coefficient (Wildman–Crippen LogP) is 4.27. The molecule has 2 aliphatic heterocycles. The van der Waals surface area contributed by atoms with E-state index in [4.69, 9.17) is 9.47 Å². The van der Waals surface area contributed by atoms with Crippen molar-refractivity contribution in [1.29, 1.82) is 0 Å². The molecule has 7 nitrogen and oxygen atoms in total. The van der Waals surface area contributed by atoms with Gasteiger partial charge in [0.05, 0.1) is 13.2 Å². The maximum absolute atomic E-state index is 12.2. The first-order chi connectivity index (χ1) is 16.2. The topological polar surface area (TPSA) is 66.9 Å². The molecule has 3 fully saturated rings. The van der Waals surface area contributed by atoms with E-state index in [9.17, 15) is 4.79 Å². The van der Waals surface area contributed by atoms with Gasteiger partial charge < -0.3 is 19.7 Å². The average molecular weight is 473 g/mol. The van der Waals surface area contributed by atoms with Crippen molar-refractivity contribution in [3.05, 3.63) is 23.7 Å². The van der Waals surface area contributed by atoms with Gasteiger partial charge in [-0.3, -0.25) is 4.90 Å². The Bertz CT molecular complexity index is 900. The Morgan fingerprint density at radius 2 is 1.88 bits per heavy atom. The van der Waals surface area contributed by atoms with E-state index in [2.05, 4.69) is 37.6 Å². The van der Waals surface area contributed by atoms with Crippen LogP contribution in [0.4, 0.5) is 10.6 Å². The van der Waals surface area contributed by atoms with Gasteiger partial charge in [0.25, 0.3) is 0 Å². The average Bonchev–Trinajstić information content (AvgIpc) is 3.34. The lowest BCUT2D eigenvalue weighted by atomic mass is 9.84. The van der Waals surface area contributed by atoms with E-state index in [-0.39, 0.29) is 18.2 Å². The number of aromatic nitrogens is 1. The van der Waals surface area contributed by atoms with Gasteiger partial charge in [0.15, 0.2) is 0 Å². The first-order valence-electron chi connectivity index (χ1n) is 12.6. The molecule has 0 spiro atoms. The van der Waals surface area contributed by atoms with E-state index >= 15 is 0 Å². The lowest BCUT2D eigenvalue weighted by molar-refractivity contribution is 0.000274. The van der Waals surface area contributed by atoms with E-state index in [1.54, 1.807) is 11.3 Å². The molecule has 5 rings (SSSR count). The third-order valence-corrected chi connectivity index (χ3v) is 8.38. The minimum atomic E-state index is -0.240. The molecule has 2 aromatic heterocycles. The maximum atomic E-state index is 12.2. The molecular weight excluding hydrogens is 436 g/mol. The summed E-state index contributed by atoms with van der Waals surface area (Å²) in [7, 11) is 0. The van der Waals surface area contributed by atoms with Crippen molar-refractivity contribution < 1.29 is 14.3 Å². The minimum Gasteiger partial charge on any atom is -0.446 e. The number of carbonyl (C=O) groups is 1. The fraction of sp³-hybridized carbons (Fsp3) is 0.680. The van der Waals surface area contributed by atoms with Crippen LogP contribution in [0.2, 0.25) is 0 Å². The number of nitrogens with one attached hydrogen (secondary N) is 1. The molecule has 1 N–H and O–H groups in total. The number of nitrogens with zero attached hydrogens (tertiary/aromatic N) is 3. The van der Waals surface area contributed by atoms with E-state index in [0.29, 0.717) is 13.2 Å². The van der Waals surface area contributed by atoms with Crippen LogP contribution in [0.3, 0.4) is 0 Å². The van der Waals surface area contributed by atoms with Crippen LogP contribution in [-0.4, -0.2) is 74.1 Å². The van der Waals surface area contributed by atoms with Gasteiger partial charge in [-0.1, -0.05) is 0 Å². The predicted molar refractivity (Wildman–Crippen MR) is 132 cm³/mol. The summed E-state index contributed by atoms with van der Waals surface area (Å²) in [5.41, 5.74) is 0. The molecule has 0 atom stereocenters. The van der Waals surface area contributed by atoms with Gasteiger partial charge in [0.1, 0.15) is 11.9 Å². The number of hydrogen-bond acceptors (Lipinski definition) is 7. The number of anilines is 1. The molecular formula is C25H36N4O3S. The zero-order valence-corrected chi connectivity index (χ0v) is 20.2. The highest BCUT2D eigenvalue weighted by molar-refractivity contribution is 7.17. The Kier molecular flexibility index (Phi) is 7.64. The van der Waals surface area contributed by atoms with E-state index in [1.165, 1.54) is 35.9 Å². The first kappa shape index (κ1) is 22.9. The molecule has 4 heterocycles. The van der Waals surface area contributed by atoms with Crippen molar-refractivity contribution in [2.75, 3.05) is 50.8 Å². The van der Waals surface area contributed by atoms with Crippen molar-refractivity contribution in [2.24, 2.45) is 5.92 Å². The highest BCUT2D eigenvalue weighted by atomic mass is 32.1. The Morgan fingerprint density at radius 1 is 1.09 bits per heavy atom. The molecule has 1 aliphatic carbocycles. The summed E-state index contributed by atoms with van der Waals surface area (Å²) in [4.78, 5) is 21.9. The summed E-state index contributed by atoms with van der Waals surface area (Å²) in [6.45, 7) is 6.88. The van der Waals surface area contributed by atoms with Crippen molar-refractivity contribution in [3.63, 3.8) is 0 Å². The molecule has 1 amide bonds. The molecule has 3 aliphatic rings. The number of alkyl carbamates (subject to hydrolysis) is 1. The van der Waals surface area contributed by atoms with Crippen LogP contribution in [0.5, 0.6) is 0 Å². The summed E-state index contributed by atoms with van der Waals surface area (Å²) < 4.78 is 12.2. The summed E-state index contributed by atoms with van der Waals surface area (Å²) in [6, 6.07) is 4.58. The Labute approximate surface area is 200 Å². The second-order valence-electron chi connectivity index (χ2n) is 9.66. The SMILES string of the molecule is O=C(NC1CCC(CCN2CCN(c3nccc4sccc34)CC2)CC1)OC1CCOCC1. The van der Waals surface area contributed by atoms with Crippen molar-refractivity contribution in [1.82, 2.24) is 15.2 Å². The zero-order chi connectivity index (χ0) is 22.5. The Hall–Kier alpha value is -1.90. The number of pyridine rings is 1. The molecule has 0 radical (unpaired) electrons. The fourth-order valence-corrected chi connectivity index (χ4v) is 6.20. The molecule has 0 unspecified atom stereocenters. The maximum Gasteiger partial charge on any atom is 0.407 e.